The highest BCUT2D eigenvalue weighted by molar-refractivity contribution is 7.92. The second-order valence-corrected chi connectivity index (χ2v) is 6.22. The quantitative estimate of drug-likeness (QED) is 0.904. The van der Waals surface area contributed by atoms with Crippen LogP contribution in [0.5, 0.6) is 0 Å². The van der Waals surface area contributed by atoms with Crippen molar-refractivity contribution in [1.82, 2.24) is 0 Å². The monoisotopic (exact) mass is 333 g/mol. The lowest BCUT2D eigenvalue weighted by molar-refractivity contribution is 0.281. The van der Waals surface area contributed by atoms with Gasteiger partial charge < -0.3 is 5.11 Å². The number of aliphatic hydroxyl groups is 1. The molecular weight excluding hydrogens is 324 g/mol. The van der Waals surface area contributed by atoms with Crippen LogP contribution in [0.2, 0.25) is 5.02 Å². The lowest BCUT2D eigenvalue weighted by atomic mass is 10.2. The molecule has 0 unspecified atom stereocenters. The molecule has 2 N–H and O–H groups in total. The molecule has 8 heteroatoms. The van der Waals surface area contributed by atoms with Crippen LogP contribution in [0, 0.1) is 11.6 Å². The molecule has 0 spiro atoms. The Labute approximate surface area is 125 Å². The fourth-order valence-electron chi connectivity index (χ4n) is 1.62. The fraction of sp³-hybridized carbons (Fsp3) is 0.0769. The van der Waals surface area contributed by atoms with Crippen LogP contribution >= 0.6 is 11.6 Å². The molecule has 2 aromatic carbocycles. The van der Waals surface area contributed by atoms with Crippen LogP contribution in [0.1, 0.15) is 5.56 Å². The minimum atomic E-state index is -4.22. The molecule has 0 bridgehead atoms. The van der Waals surface area contributed by atoms with Gasteiger partial charge in [-0.05, 0) is 35.9 Å². The first-order valence-electron chi connectivity index (χ1n) is 5.70. The summed E-state index contributed by atoms with van der Waals surface area (Å²) < 4.78 is 53.0. The van der Waals surface area contributed by atoms with E-state index in [-0.39, 0.29) is 16.3 Å². The standard InChI is InChI=1S/C13H10ClF2NO3S/c14-10-6-9(2-4-11(10)15)17-21(19,20)13-5-8(7-18)1-3-12(13)16/h1-6,17-18H,7H2. The maximum absolute atomic E-state index is 13.7. The molecule has 4 nitrogen and oxygen atoms in total. The Balaban J connectivity index is 2.40. The first-order valence-corrected chi connectivity index (χ1v) is 7.57. The van der Waals surface area contributed by atoms with E-state index in [1.165, 1.54) is 6.07 Å². The van der Waals surface area contributed by atoms with E-state index in [1.807, 2.05) is 0 Å². The summed E-state index contributed by atoms with van der Waals surface area (Å²) in [5.74, 6) is -1.67. The van der Waals surface area contributed by atoms with E-state index in [0.717, 1.165) is 30.3 Å². The van der Waals surface area contributed by atoms with Crippen molar-refractivity contribution >= 4 is 27.3 Å². The Morgan fingerprint density at radius 2 is 1.76 bits per heavy atom. The lowest BCUT2D eigenvalue weighted by Crippen LogP contribution is -2.15. The normalized spacial score (nSPS) is 11.4. The van der Waals surface area contributed by atoms with Crippen LogP contribution in [0.4, 0.5) is 14.5 Å². The average Bonchev–Trinajstić information content (AvgIpc) is 2.43. The second-order valence-electron chi connectivity index (χ2n) is 4.16. The largest absolute Gasteiger partial charge is 0.392 e. The van der Waals surface area contributed by atoms with Crippen molar-refractivity contribution in [3.8, 4) is 0 Å². The van der Waals surface area contributed by atoms with Crippen molar-refractivity contribution in [1.29, 1.82) is 0 Å². The highest BCUT2D eigenvalue weighted by Crippen LogP contribution is 2.23. The molecule has 2 rings (SSSR count). The number of sulfonamides is 1. The van der Waals surface area contributed by atoms with E-state index >= 15 is 0 Å². The van der Waals surface area contributed by atoms with Gasteiger partial charge in [0.1, 0.15) is 16.5 Å². The average molecular weight is 334 g/mol. The van der Waals surface area contributed by atoms with Crippen molar-refractivity contribution in [2.24, 2.45) is 0 Å². The molecular formula is C13H10ClF2NO3S. The summed E-state index contributed by atoms with van der Waals surface area (Å²) in [6.45, 7) is -0.425. The summed E-state index contributed by atoms with van der Waals surface area (Å²) in [4.78, 5) is -0.616. The number of hydrogen-bond acceptors (Lipinski definition) is 3. The molecule has 0 heterocycles. The first kappa shape index (κ1) is 15.7. The van der Waals surface area contributed by atoms with Crippen molar-refractivity contribution < 1.29 is 22.3 Å². The van der Waals surface area contributed by atoms with E-state index in [2.05, 4.69) is 4.72 Å². The van der Waals surface area contributed by atoms with Crippen LogP contribution in [-0.2, 0) is 16.6 Å². The molecule has 0 radical (unpaired) electrons. The van der Waals surface area contributed by atoms with Gasteiger partial charge in [-0.1, -0.05) is 17.7 Å². The molecule has 0 aromatic heterocycles. The summed E-state index contributed by atoms with van der Waals surface area (Å²) in [5, 5.41) is 8.71. The zero-order chi connectivity index (χ0) is 15.6. The zero-order valence-corrected chi connectivity index (χ0v) is 12.0. The fourth-order valence-corrected chi connectivity index (χ4v) is 2.98. The van der Waals surface area contributed by atoms with Crippen molar-refractivity contribution in [3.63, 3.8) is 0 Å². The number of aliphatic hydroxyl groups excluding tert-OH is 1. The number of nitrogens with one attached hydrogen (secondary N) is 1. The van der Waals surface area contributed by atoms with E-state index in [0.29, 0.717) is 0 Å². The van der Waals surface area contributed by atoms with Gasteiger partial charge in [0.25, 0.3) is 10.0 Å². The molecule has 2 aromatic rings. The number of halogens is 3. The van der Waals surface area contributed by atoms with E-state index in [9.17, 15) is 17.2 Å². The SMILES string of the molecule is O=S(=O)(Nc1ccc(F)c(Cl)c1)c1cc(CO)ccc1F. The summed E-state index contributed by atoms with van der Waals surface area (Å²) in [5.41, 5.74) is 0.240. The second kappa shape index (κ2) is 5.97. The summed E-state index contributed by atoms with van der Waals surface area (Å²) >= 11 is 5.55. The first-order chi connectivity index (χ1) is 9.83. The molecule has 0 aliphatic heterocycles. The minimum absolute atomic E-state index is 0.00444. The lowest BCUT2D eigenvalue weighted by Gasteiger charge is -2.10. The van der Waals surface area contributed by atoms with Gasteiger partial charge in [0.15, 0.2) is 0 Å². The number of rotatable bonds is 4. The minimum Gasteiger partial charge on any atom is -0.392 e. The van der Waals surface area contributed by atoms with Crippen molar-refractivity contribution in [2.45, 2.75) is 11.5 Å². The molecule has 0 aliphatic rings. The van der Waals surface area contributed by atoms with Crippen LogP contribution < -0.4 is 4.72 Å². The van der Waals surface area contributed by atoms with Gasteiger partial charge in [-0.3, -0.25) is 4.72 Å². The Kier molecular flexibility index (Phi) is 4.46. The topological polar surface area (TPSA) is 66.4 Å². The molecule has 0 aliphatic carbocycles. The highest BCUT2D eigenvalue weighted by Gasteiger charge is 2.20. The van der Waals surface area contributed by atoms with Crippen LogP contribution in [0.3, 0.4) is 0 Å². The summed E-state index contributed by atoms with van der Waals surface area (Å²) in [6.07, 6.45) is 0. The van der Waals surface area contributed by atoms with Crippen molar-refractivity contribution in [2.75, 3.05) is 4.72 Å². The highest BCUT2D eigenvalue weighted by atomic mass is 35.5. The van der Waals surface area contributed by atoms with Crippen LogP contribution in [0.15, 0.2) is 41.3 Å². The smallest absolute Gasteiger partial charge is 0.264 e. The third kappa shape index (κ3) is 3.49. The Morgan fingerprint density at radius 1 is 1.10 bits per heavy atom. The summed E-state index contributed by atoms with van der Waals surface area (Å²) in [7, 11) is -4.22. The maximum atomic E-state index is 13.7. The van der Waals surface area contributed by atoms with Gasteiger partial charge >= 0.3 is 0 Å². The third-order valence-electron chi connectivity index (χ3n) is 2.64. The Morgan fingerprint density at radius 3 is 2.38 bits per heavy atom. The zero-order valence-electron chi connectivity index (χ0n) is 10.5. The Bertz CT molecular complexity index is 781. The van der Waals surface area contributed by atoms with E-state index < -0.39 is 33.2 Å². The molecule has 0 fully saturated rings. The predicted octanol–water partition coefficient (Wildman–Crippen LogP) is 2.91. The van der Waals surface area contributed by atoms with Gasteiger partial charge in [-0.25, -0.2) is 17.2 Å². The van der Waals surface area contributed by atoms with Crippen molar-refractivity contribution in [3.05, 3.63) is 58.6 Å². The molecule has 0 atom stereocenters. The van der Waals surface area contributed by atoms with E-state index in [4.69, 9.17) is 16.7 Å². The van der Waals surface area contributed by atoms with E-state index in [1.54, 1.807) is 0 Å². The van der Waals surface area contributed by atoms with Gasteiger partial charge in [0.05, 0.1) is 17.3 Å². The van der Waals surface area contributed by atoms with Gasteiger partial charge in [-0.15, -0.1) is 0 Å². The maximum Gasteiger partial charge on any atom is 0.264 e. The third-order valence-corrected chi connectivity index (χ3v) is 4.33. The molecule has 0 amide bonds. The number of hydrogen-bond donors (Lipinski definition) is 2. The predicted molar refractivity (Wildman–Crippen MR) is 74.5 cm³/mol. The molecule has 21 heavy (non-hydrogen) atoms. The van der Waals surface area contributed by atoms with Gasteiger partial charge in [0.2, 0.25) is 0 Å². The van der Waals surface area contributed by atoms with Gasteiger partial charge in [-0.2, -0.15) is 0 Å². The van der Waals surface area contributed by atoms with Crippen LogP contribution in [-0.4, -0.2) is 13.5 Å². The molecule has 0 saturated carbocycles. The molecule has 0 saturated heterocycles. The Hall–Kier alpha value is -1.70. The summed E-state index contributed by atoms with van der Waals surface area (Å²) in [6, 6.07) is 6.44. The van der Waals surface area contributed by atoms with Gasteiger partial charge in [0, 0.05) is 0 Å². The van der Waals surface area contributed by atoms with Crippen LogP contribution in [0.25, 0.3) is 0 Å². The number of anilines is 1. The molecule has 112 valence electrons. The number of benzene rings is 2.